The minimum atomic E-state index is -2.77. The number of nitrogens with zero attached hydrogens (tertiary/aromatic N) is 1. The maximum atomic E-state index is 13.4. The van der Waals surface area contributed by atoms with Gasteiger partial charge in [0, 0.05) is 9.75 Å². The van der Waals surface area contributed by atoms with Gasteiger partial charge < -0.3 is 15.4 Å². The highest BCUT2D eigenvalue weighted by molar-refractivity contribution is 7.12. The van der Waals surface area contributed by atoms with E-state index in [1.54, 1.807) is 11.3 Å². The lowest BCUT2D eigenvalue weighted by Crippen LogP contribution is -2.58. The molecule has 0 radical (unpaired) electrons. The first kappa shape index (κ1) is 18.2. The number of hydrogen-bond donors (Lipinski definition) is 1. The van der Waals surface area contributed by atoms with Crippen molar-refractivity contribution in [3.05, 3.63) is 20.9 Å². The Balaban J connectivity index is 1.39. The summed E-state index contributed by atoms with van der Waals surface area (Å²) >= 11 is 1.65. The number of likely N-dealkylation sites (tertiary alicyclic amines) is 1. The minimum absolute atomic E-state index is 0.163. The Kier molecular flexibility index (Phi) is 3.64. The van der Waals surface area contributed by atoms with Gasteiger partial charge in [0.1, 0.15) is 0 Å². The summed E-state index contributed by atoms with van der Waals surface area (Å²) in [6.45, 7) is 0.0733. The quantitative estimate of drug-likeness (QED) is 0.814. The highest BCUT2D eigenvalue weighted by Gasteiger charge is 2.65. The molecule has 5 fully saturated rings. The Bertz CT molecular complexity index is 905. The molecular formula is C21H24F2N2O3S. The van der Waals surface area contributed by atoms with Crippen molar-refractivity contribution < 1.29 is 23.1 Å². The standard InChI is InChI=1S/C21H24F2N2O3S/c22-21(23)8-25(9-21)18(26)16-13-1-2-28-7-14(13)29-17(16)15-10-3-12-4-11(15)6-20(12,5-10)19(24)27/h10-12,15H,1-9H2,(H2,24,27). The van der Waals surface area contributed by atoms with Gasteiger partial charge in [-0.2, -0.15) is 0 Å². The zero-order valence-electron chi connectivity index (χ0n) is 16.1. The van der Waals surface area contributed by atoms with E-state index in [0.29, 0.717) is 43.0 Å². The van der Waals surface area contributed by atoms with Crippen molar-refractivity contribution in [3.63, 3.8) is 0 Å². The second-order valence-electron chi connectivity index (χ2n) is 9.71. The Hall–Kier alpha value is -1.54. The molecule has 1 aromatic heterocycles. The number of rotatable bonds is 3. The second kappa shape index (κ2) is 5.78. The molecule has 2 amide bonds. The van der Waals surface area contributed by atoms with E-state index in [0.717, 1.165) is 41.0 Å². The number of hydrogen-bond acceptors (Lipinski definition) is 4. The number of carbonyl (C=O) groups is 2. The molecule has 4 saturated carbocycles. The molecule has 4 bridgehead atoms. The molecular weight excluding hydrogens is 398 g/mol. The molecule has 1 saturated heterocycles. The molecule has 0 spiro atoms. The molecule has 0 aromatic carbocycles. The summed E-state index contributed by atoms with van der Waals surface area (Å²) in [4.78, 5) is 28.9. The number of amides is 2. The van der Waals surface area contributed by atoms with Gasteiger partial charge in [-0.3, -0.25) is 9.59 Å². The lowest BCUT2D eigenvalue weighted by Gasteiger charge is -2.40. The number of nitrogens with two attached hydrogens (primary N) is 1. The molecule has 2 atom stereocenters. The van der Waals surface area contributed by atoms with Gasteiger partial charge in [0.25, 0.3) is 11.8 Å². The van der Waals surface area contributed by atoms with Gasteiger partial charge >= 0.3 is 0 Å². The summed E-state index contributed by atoms with van der Waals surface area (Å²) in [7, 11) is 0. The molecule has 29 heavy (non-hydrogen) atoms. The average Bonchev–Trinajstić information content (AvgIpc) is 3.25. The normalized spacial score (nSPS) is 38.8. The maximum absolute atomic E-state index is 13.4. The van der Waals surface area contributed by atoms with E-state index >= 15 is 0 Å². The smallest absolute Gasteiger partial charge is 0.282 e. The van der Waals surface area contributed by atoms with E-state index in [1.807, 2.05) is 0 Å². The molecule has 5 nitrogen and oxygen atoms in total. The number of thiophene rings is 1. The maximum Gasteiger partial charge on any atom is 0.282 e. The van der Waals surface area contributed by atoms with E-state index in [4.69, 9.17) is 10.5 Å². The minimum Gasteiger partial charge on any atom is -0.376 e. The highest BCUT2D eigenvalue weighted by Crippen LogP contribution is 2.70. The van der Waals surface area contributed by atoms with Gasteiger partial charge in [-0.25, -0.2) is 8.78 Å². The second-order valence-corrected chi connectivity index (χ2v) is 10.8. The summed E-state index contributed by atoms with van der Waals surface area (Å²) in [5.74, 6) is -1.87. The molecule has 2 aliphatic heterocycles. The first-order valence-corrected chi connectivity index (χ1v) is 11.3. The number of fused-ring (bicyclic) bond motifs is 1. The summed E-state index contributed by atoms with van der Waals surface area (Å²) in [6, 6.07) is 0. The van der Waals surface area contributed by atoms with Crippen molar-refractivity contribution in [2.24, 2.45) is 28.9 Å². The molecule has 1 aromatic rings. The third kappa shape index (κ3) is 2.39. The van der Waals surface area contributed by atoms with Gasteiger partial charge in [0.15, 0.2) is 0 Å². The topological polar surface area (TPSA) is 72.6 Å². The Labute approximate surface area is 171 Å². The molecule has 2 N–H and O–H groups in total. The summed E-state index contributed by atoms with van der Waals surface area (Å²) < 4.78 is 32.5. The van der Waals surface area contributed by atoms with Crippen LogP contribution in [-0.4, -0.2) is 42.3 Å². The molecule has 156 valence electrons. The van der Waals surface area contributed by atoms with Gasteiger partial charge in [-0.05, 0) is 61.3 Å². The van der Waals surface area contributed by atoms with E-state index in [1.165, 1.54) is 4.90 Å². The monoisotopic (exact) mass is 422 g/mol. The van der Waals surface area contributed by atoms with Gasteiger partial charge in [0.2, 0.25) is 5.91 Å². The molecule has 8 heteroatoms. The number of carbonyl (C=O) groups excluding carboxylic acids is 2. The molecule has 7 rings (SSSR count). The van der Waals surface area contributed by atoms with Crippen molar-refractivity contribution in [3.8, 4) is 0 Å². The first-order chi connectivity index (χ1) is 13.8. The van der Waals surface area contributed by atoms with Crippen LogP contribution in [-0.2, 0) is 22.6 Å². The Morgan fingerprint density at radius 1 is 1.17 bits per heavy atom. The fraction of sp³-hybridized carbons (Fsp3) is 0.714. The van der Waals surface area contributed by atoms with Crippen LogP contribution in [0.4, 0.5) is 8.78 Å². The van der Waals surface area contributed by atoms with E-state index in [-0.39, 0.29) is 23.1 Å². The Morgan fingerprint density at radius 2 is 1.86 bits per heavy atom. The van der Waals surface area contributed by atoms with Crippen LogP contribution in [0.25, 0.3) is 0 Å². The van der Waals surface area contributed by atoms with E-state index in [9.17, 15) is 18.4 Å². The van der Waals surface area contributed by atoms with Crippen LogP contribution >= 0.6 is 11.3 Å². The van der Waals surface area contributed by atoms with E-state index < -0.39 is 19.0 Å². The fourth-order valence-corrected chi connectivity index (χ4v) is 8.67. The van der Waals surface area contributed by atoms with Crippen LogP contribution in [0.15, 0.2) is 0 Å². The third-order valence-electron chi connectivity index (χ3n) is 8.21. The molecule has 6 aliphatic rings. The van der Waals surface area contributed by atoms with E-state index in [2.05, 4.69) is 0 Å². The third-order valence-corrected chi connectivity index (χ3v) is 9.52. The number of alkyl halides is 2. The zero-order valence-corrected chi connectivity index (χ0v) is 16.9. The Morgan fingerprint density at radius 3 is 2.45 bits per heavy atom. The average molecular weight is 422 g/mol. The fourth-order valence-electron chi connectivity index (χ4n) is 7.10. The van der Waals surface area contributed by atoms with Gasteiger partial charge in [-0.1, -0.05) is 0 Å². The predicted octanol–water partition coefficient (Wildman–Crippen LogP) is 2.92. The van der Waals surface area contributed by atoms with Crippen LogP contribution in [0.3, 0.4) is 0 Å². The molecule has 2 unspecified atom stereocenters. The van der Waals surface area contributed by atoms with Crippen molar-refractivity contribution in [2.45, 2.75) is 50.6 Å². The van der Waals surface area contributed by atoms with Crippen LogP contribution in [0.2, 0.25) is 0 Å². The first-order valence-electron chi connectivity index (χ1n) is 10.5. The number of primary amides is 1. The predicted molar refractivity (Wildman–Crippen MR) is 102 cm³/mol. The lowest BCUT2D eigenvalue weighted by molar-refractivity contribution is -0.129. The SMILES string of the molecule is NC(=O)C12CC3CC1CC(C2)C3c1sc2c(c1C(=O)N1CC(F)(F)C1)CCOC2. The molecule has 3 heterocycles. The van der Waals surface area contributed by atoms with Gasteiger partial charge in [0.05, 0.1) is 37.3 Å². The van der Waals surface area contributed by atoms with Crippen molar-refractivity contribution in [1.82, 2.24) is 4.90 Å². The van der Waals surface area contributed by atoms with Crippen molar-refractivity contribution in [2.75, 3.05) is 19.7 Å². The van der Waals surface area contributed by atoms with Crippen molar-refractivity contribution in [1.29, 1.82) is 0 Å². The summed E-state index contributed by atoms with van der Waals surface area (Å²) in [6.07, 6.45) is 4.25. The largest absolute Gasteiger partial charge is 0.376 e. The van der Waals surface area contributed by atoms with Crippen LogP contribution in [0, 0.1) is 23.2 Å². The van der Waals surface area contributed by atoms with Crippen LogP contribution in [0.1, 0.15) is 57.3 Å². The zero-order chi connectivity index (χ0) is 20.1. The molecule has 4 aliphatic carbocycles. The van der Waals surface area contributed by atoms with Crippen molar-refractivity contribution >= 4 is 23.2 Å². The lowest BCUT2D eigenvalue weighted by atomic mass is 9.67. The highest BCUT2D eigenvalue weighted by atomic mass is 32.1. The van der Waals surface area contributed by atoms with Crippen LogP contribution in [0.5, 0.6) is 0 Å². The number of ether oxygens (including phenoxy) is 1. The summed E-state index contributed by atoms with van der Waals surface area (Å²) in [5, 5.41) is 0. The number of halogens is 2. The van der Waals surface area contributed by atoms with Crippen LogP contribution < -0.4 is 5.73 Å². The van der Waals surface area contributed by atoms with Gasteiger partial charge in [-0.15, -0.1) is 11.3 Å². The summed E-state index contributed by atoms with van der Waals surface area (Å²) in [5.41, 5.74) is 7.14.